The Morgan fingerprint density at radius 1 is 1.15 bits per heavy atom. The summed E-state index contributed by atoms with van der Waals surface area (Å²) in [6.07, 6.45) is -0.174. The van der Waals surface area contributed by atoms with E-state index in [1.54, 1.807) is 30.3 Å². The Morgan fingerprint density at radius 2 is 1.82 bits per heavy atom. The Kier molecular flexibility index (Phi) is 8.35. The van der Waals surface area contributed by atoms with Crippen molar-refractivity contribution in [2.45, 2.75) is 6.42 Å². The van der Waals surface area contributed by atoms with Crippen LogP contribution in [0, 0.1) is 5.92 Å². The van der Waals surface area contributed by atoms with Crippen molar-refractivity contribution in [3.8, 4) is 11.5 Å². The standard InChI is InChI=1S/C22H21BrClN3O7/c1-32-16-4-3-5-17(33-2)20(16)21(30)26-27-10-12(8-19(27)29)22(31)34-11-18(28)25-13-6-7-14(23)15(24)9-13/h3-7,9,12H,8,10-11H2,1-2H3,(H,25,28)(H,26,30)/t12-/m1/s1. The van der Waals surface area contributed by atoms with Crippen molar-refractivity contribution < 1.29 is 33.4 Å². The number of nitrogens with zero attached hydrogens (tertiary/aromatic N) is 1. The number of esters is 1. The first kappa shape index (κ1) is 25.3. The predicted octanol–water partition coefficient (Wildman–Crippen LogP) is 2.79. The highest BCUT2D eigenvalue weighted by molar-refractivity contribution is 9.10. The second-order valence-electron chi connectivity index (χ2n) is 7.17. The maximum Gasteiger partial charge on any atom is 0.311 e. The molecular weight excluding hydrogens is 534 g/mol. The number of benzene rings is 2. The molecule has 0 aliphatic carbocycles. The third kappa shape index (κ3) is 5.97. The Hall–Kier alpha value is -3.31. The van der Waals surface area contributed by atoms with E-state index in [9.17, 15) is 19.2 Å². The van der Waals surface area contributed by atoms with Crippen molar-refractivity contribution >= 4 is 56.9 Å². The summed E-state index contributed by atoms with van der Waals surface area (Å²) in [4.78, 5) is 49.6. The fraction of sp³-hybridized carbons (Fsp3) is 0.273. The van der Waals surface area contributed by atoms with E-state index < -0.39 is 36.2 Å². The van der Waals surface area contributed by atoms with Crippen LogP contribution < -0.4 is 20.2 Å². The van der Waals surface area contributed by atoms with E-state index in [-0.39, 0.29) is 30.0 Å². The number of carbonyl (C=O) groups excluding carboxylic acids is 4. The molecule has 1 aliphatic heterocycles. The largest absolute Gasteiger partial charge is 0.496 e. The van der Waals surface area contributed by atoms with Gasteiger partial charge in [-0.05, 0) is 46.3 Å². The third-order valence-electron chi connectivity index (χ3n) is 4.90. The first-order valence-corrected chi connectivity index (χ1v) is 11.1. The highest BCUT2D eigenvalue weighted by Gasteiger charge is 2.37. The van der Waals surface area contributed by atoms with Crippen molar-refractivity contribution in [2.24, 2.45) is 5.92 Å². The zero-order chi connectivity index (χ0) is 24.8. The zero-order valence-corrected chi connectivity index (χ0v) is 20.6. The minimum atomic E-state index is -0.845. The fourth-order valence-electron chi connectivity index (χ4n) is 3.25. The van der Waals surface area contributed by atoms with E-state index in [2.05, 4.69) is 26.7 Å². The number of halogens is 2. The topological polar surface area (TPSA) is 123 Å². The van der Waals surface area contributed by atoms with E-state index in [1.165, 1.54) is 20.3 Å². The van der Waals surface area contributed by atoms with Crippen LogP contribution in [0.2, 0.25) is 5.02 Å². The Morgan fingerprint density at radius 3 is 2.44 bits per heavy atom. The van der Waals surface area contributed by atoms with E-state index >= 15 is 0 Å². The molecule has 0 saturated carbocycles. The van der Waals surface area contributed by atoms with E-state index in [4.69, 9.17) is 25.8 Å². The summed E-state index contributed by atoms with van der Waals surface area (Å²) < 4.78 is 16.1. The number of amides is 3. The lowest BCUT2D eigenvalue weighted by molar-refractivity contribution is -0.151. The number of hydrogen-bond donors (Lipinski definition) is 2. The van der Waals surface area contributed by atoms with Crippen LogP contribution in [-0.4, -0.2) is 56.1 Å². The molecule has 0 unspecified atom stereocenters. The molecule has 2 aromatic carbocycles. The maximum atomic E-state index is 12.8. The average Bonchev–Trinajstić information content (AvgIpc) is 3.19. The lowest BCUT2D eigenvalue weighted by atomic mass is 10.1. The van der Waals surface area contributed by atoms with Gasteiger partial charge < -0.3 is 19.5 Å². The molecule has 1 heterocycles. The van der Waals surface area contributed by atoms with Gasteiger partial charge >= 0.3 is 5.97 Å². The molecule has 2 aromatic rings. The summed E-state index contributed by atoms with van der Waals surface area (Å²) in [6.45, 7) is -0.646. The lowest BCUT2D eigenvalue weighted by Crippen LogP contribution is -2.43. The van der Waals surface area contributed by atoms with Crippen LogP contribution in [0.5, 0.6) is 11.5 Å². The predicted molar refractivity (Wildman–Crippen MR) is 126 cm³/mol. The first-order chi connectivity index (χ1) is 16.2. The van der Waals surface area contributed by atoms with Gasteiger partial charge in [0.15, 0.2) is 6.61 Å². The average molecular weight is 555 g/mol. The summed E-state index contributed by atoms with van der Waals surface area (Å²) >= 11 is 9.23. The number of nitrogens with one attached hydrogen (secondary N) is 2. The second kappa shape index (κ2) is 11.2. The smallest absolute Gasteiger partial charge is 0.311 e. The van der Waals surface area contributed by atoms with Gasteiger partial charge in [0.05, 0.1) is 31.7 Å². The van der Waals surface area contributed by atoms with Gasteiger partial charge in [0.1, 0.15) is 17.1 Å². The van der Waals surface area contributed by atoms with Crippen molar-refractivity contribution in [2.75, 3.05) is 32.7 Å². The summed E-state index contributed by atoms with van der Waals surface area (Å²) in [7, 11) is 2.81. The number of hydrazine groups is 1. The number of carbonyl (C=O) groups is 4. The molecule has 0 bridgehead atoms. The van der Waals surface area contributed by atoms with Gasteiger partial charge in [-0.15, -0.1) is 0 Å². The monoisotopic (exact) mass is 553 g/mol. The van der Waals surface area contributed by atoms with Crippen LogP contribution in [0.15, 0.2) is 40.9 Å². The molecule has 1 aliphatic rings. The normalized spacial score (nSPS) is 15.0. The minimum Gasteiger partial charge on any atom is -0.496 e. The fourth-order valence-corrected chi connectivity index (χ4v) is 3.68. The first-order valence-electron chi connectivity index (χ1n) is 9.97. The van der Waals surface area contributed by atoms with Gasteiger partial charge in [0, 0.05) is 16.6 Å². The van der Waals surface area contributed by atoms with Crippen LogP contribution in [0.4, 0.5) is 5.69 Å². The van der Waals surface area contributed by atoms with E-state index in [1.807, 2.05) is 0 Å². The summed E-state index contributed by atoms with van der Waals surface area (Å²) in [6, 6.07) is 9.65. The number of anilines is 1. The summed E-state index contributed by atoms with van der Waals surface area (Å²) in [5, 5.41) is 4.00. The number of methoxy groups -OCH3 is 2. The van der Waals surface area contributed by atoms with Crippen molar-refractivity contribution in [1.82, 2.24) is 10.4 Å². The molecule has 12 heteroatoms. The Balaban J connectivity index is 1.55. The molecule has 3 rings (SSSR count). The van der Waals surface area contributed by atoms with Crippen molar-refractivity contribution in [1.29, 1.82) is 0 Å². The molecule has 1 atom stereocenters. The SMILES string of the molecule is COc1cccc(OC)c1C(=O)NN1C[C@H](C(=O)OCC(=O)Nc2ccc(Br)c(Cl)c2)CC1=O. The molecule has 0 aromatic heterocycles. The van der Waals surface area contributed by atoms with Gasteiger partial charge in [-0.1, -0.05) is 17.7 Å². The van der Waals surface area contributed by atoms with Crippen molar-refractivity contribution in [3.63, 3.8) is 0 Å². The number of ether oxygens (including phenoxy) is 3. The zero-order valence-electron chi connectivity index (χ0n) is 18.2. The molecule has 0 radical (unpaired) electrons. The molecule has 0 spiro atoms. The number of rotatable bonds is 8. The Labute approximate surface area is 208 Å². The van der Waals surface area contributed by atoms with Crippen molar-refractivity contribution in [3.05, 3.63) is 51.5 Å². The summed E-state index contributed by atoms with van der Waals surface area (Å²) in [5.74, 6) is -2.73. The molecule has 2 N–H and O–H groups in total. The van der Waals surface area contributed by atoms with Crippen LogP contribution in [-0.2, 0) is 19.1 Å². The molecule has 10 nitrogen and oxygen atoms in total. The summed E-state index contributed by atoms with van der Waals surface area (Å²) in [5.41, 5.74) is 3.01. The van der Waals surface area contributed by atoms with Crippen LogP contribution in [0.3, 0.4) is 0 Å². The Bertz CT molecular complexity index is 1110. The van der Waals surface area contributed by atoms with Gasteiger partial charge in [-0.2, -0.15) is 0 Å². The molecule has 1 fully saturated rings. The molecule has 1 saturated heterocycles. The minimum absolute atomic E-state index is 0.106. The van der Waals surface area contributed by atoms with Crippen LogP contribution in [0.1, 0.15) is 16.8 Å². The van der Waals surface area contributed by atoms with E-state index in [0.29, 0.717) is 15.2 Å². The molecule has 180 valence electrons. The van der Waals surface area contributed by atoms with Gasteiger partial charge in [-0.3, -0.25) is 29.6 Å². The lowest BCUT2D eigenvalue weighted by Gasteiger charge is -2.19. The molecular formula is C22H21BrClN3O7. The van der Waals surface area contributed by atoms with Gasteiger partial charge in [0.25, 0.3) is 11.8 Å². The molecule has 34 heavy (non-hydrogen) atoms. The molecule has 3 amide bonds. The van der Waals surface area contributed by atoms with Crippen LogP contribution >= 0.6 is 27.5 Å². The third-order valence-corrected chi connectivity index (χ3v) is 6.13. The van der Waals surface area contributed by atoms with Gasteiger partial charge in [-0.25, -0.2) is 0 Å². The highest BCUT2D eigenvalue weighted by atomic mass is 79.9. The highest BCUT2D eigenvalue weighted by Crippen LogP contribution is 2.29. The second-order valence-corrected chi connectivity index (χ2v) is 8.43. The van der Waals surface area contributed by atoms with Gasteiger partial charge in [0.2, 0.25) is 5.91 Å². The van der Waals surface area contributed by atoms with E-state index in [0.717, 1.165) is 5.01 Å². The quantitative estimate of drug-likeness (QED) is 0.481. The maximum absolute atomic E-state index is 12.8. The van der Waals surface area contributed by atoms with Crippen LogP contribution in [0.25, 0.3) is 0 Å². The number of hydrogen-bond acceptors (Lipinski definition) is 7.